The number of carboxylic acids is 1. The summed E-state index contributed by atoms with van der Waals surface area (Å²) in [4.78, 5) is 10.3. The molecule has 0 aliphatic rings. The van der Waals surface area contributed by atoms with Gasteiger partial charge in [-0.3, -0.25) is 0 Å². The zero-order valence-electron chi connectivity index (χ0n) is 13.4. The second-order valence-corrected chi connectivity index (χ2v) is 5.62. The molecule has 0 bridgehead atoms. The summed E-state index contributed by atoms with van der Waals surface area (Å²) >= 11 is 0. The quantitative estimate of drug-likeness (QED) is 0.532. The molecule has 0 spiro atoms. The SMILES string of the molecule is CCCC(C)(C)C(=O)[O-].CC[N+](C)(CC)CCO.I. The summed E-state index contributed by atoms with van der Waals surface area (Å²) < 4.78 is 0.983. The van der Waals surface area contributed by atoms with Crippen LogP contribution < -0.4 is 5.11 Å². The third-order valence-corrected chi connectivity index (χ3v) is 3.59. The highest BCUT2D eigenvalue weighted by Gasteiger charge is 2.16. The maximum atomic E-state index is 10.3. The molecule has 118 valence electrons. The van der Waals surface area contributed by atoms with Crippen molar-refractivity contribution in [2.24, 2.45) is 5.41 Å². The molecule has 0 fully saturated rings. The molecule has 0 aromatic carbocycles. The molecule has 0 aliphatic heterocycles. The number of nitrogens with zero attached hydrogens (tertiary/aromatic N) is 1. The molecule has 0 heterocycles. The lowest BCUT2D eigenvalue weighted by Gasteiger charge is -2.31. The van der Waals surface area contributed by atoms with Crippen molar-refractivity contribution >= 4 is 29.9 Å². The number of hydrogen-bond acceptors (Lipinski definition) is 3. The van der Waals surface area contributed by atoms with E-state index < -0.39 is 11.4 Å². The van der Waals surface area contributed by atoms with E-state index in [1.807, 2.05) is 6.92 Å². The summed E-state index contributed by atoms with van der Waals surface area (Å²) in [5, 5.41) is 18.9. The lowest BCUT2D eigenvalue weighted by Crippen LogP contribution is -2.45. The zero-order valence-corrected chi connectivity index (χ0v) is 15.7. The van der Waals surface area contributed by atoms with Gasteiger partial charge in [0.05, 0.1) is 26.7 Å². The highest BCUT2D eigenvalue weighted by molar-refractivity contribution is 14.0. The predicted octanol–water partition coefficient (Wildman–Crippen LogP) is 1.65. The van der Waals surface area contributed by atoms with Gasteiger partial charge in [-0.25, -0.2) is 0 Å². The van der Waals surface area contributed by atoms with E-state index in [-0.39, 0.29) is 24.0 Å². The van der Waals surface area contributed by atoms with Crippen molar-refractivity contribution in [2.75, 3.05) is 33.3 Å². The monoisotopic (exact) mass is 389 g/mol. The lowest BCUT2D eigenvalue weighted by atomic mass is 9.88. The molecule has 0 saturated heterocycles. The lowest BCUT2D eigenvalue weighted by molar-refractivity contribution is -0.906. The molecule has 1 N–H and O–H groups in total. The summed E-state index contributed by atoms with van der Waals surface area (Å²) in [6.45, 7) is 13.0. The molecule has 19 heavy (non-hydrogen) atoms. The van der Waals surface area contributed by atoms with E-state index in [9.17, 15) is 9.90 Å². The first-order valence-electron chi connectivity index (χ1n) is 6.85. The summed E-state index contributed by atoms with van der Waals surface area (Å²) in [5.41, 5.74) is -0.644. The van der Waals surface area contributed by atoms with Crippen molar-refractivity contribution in [3.63, 3.8) is 0 Å². The van der Waals surface area contributed by atoms with Gasteiger partial charge < -0.3 is 19.5 Å². The van der Waals surface area contributed by atoms with Gasteiger partial charge in [0.1, 0.15) is 6.54 Å². The number of likely N-dealkylation sites (N-methyl/N-ethyl adjacent to an activating group) is 1. The van der Waals surface area contributed by atoms with Gasteiger partial charge in [0.2, 0.25) is 0 Å². The van der Waals surface area contributed by atoms with Gasteiger partial charge in [-0.15, -0.1) is 24.0 Å². The van der Waals surface area contributed by atoms with Crippen LogP contribution in [0.1, 0.15) is 47.5 Å². The van der Waals surface area contributed by atoms with E-state index in [0.29, 0.717) is 13.0 Å². The van der Waals surface area contributed by atoms with Crippen LogP contribution in [0.15, 0.2) is 0 Å². The van der Waals surface area contributed by atoms with E-state index >= 15 is 0 Å². The van der Waals surface area contributed by atoms with Crippen LogP contribution in [0.25, 0.3) is 0 Å². The van der Waals surface area contributed by atoms with Crippen LogP contribution in [-0.2, 0) is 4.79 Å². The molecular weight excluding hydrogens is 357 g/mol. The van der Waals surface area contributed by atoms with Gasteiger partial charge in [0.15, 0.2) is 0 Å². The molecule has 4 nitrogen and oxygen atoms in total. The normalized spacial score (nSPS) is 11.1. The molecule has 0 aliphatic carbocycles. The molecular formula is C14H32INO3. The average molecular weight is 389 g/mol. The Morgan fingerprint density at radius 1 is 1.21 bits per heavy atom. The van der Waals surface area contributed by atoms with Gasteiger partial charge in [-0.1, -0.05) is 27.2 Å². The van der Waals surface area contributed by atoms with E-state index in [1.165, 1.54) is 0 Å². The number of carbonyl (C=O) groups excluding carboxylic acids is 1. The van der Waals surface area contributed by atoms with Crippen molar-refractivity contribution < 1.29 is 19.5 Å². The van der Waals surface area contributed by atoms with E-state index in [2.05, 4.69) is 20.9 Å². The number of aliphatic carboxylic acids is 1. The minimum absolute atomic E-state index is 0. The Morgan fingerprint density at radius 2 is 1.63 bits per heavy atom. The molecule has 0 aromatic rings. The highest BCUT2D eigenvalue weighted by atomic mass is 127. The second-order valence-electron chi connectivity index (χ2n) is 5.62. The number of carboxylic acid groups (broad SMARTS) is 1. The molecule has 0 radical (unpaired) electrons. The van der Waals surface area contributed by atoms with Crippen LogP contribution >= 0.6 is 24.0 Å². The Morgan fingerprint density at radius 3 is 1.74 bits per heavy atom. The molecule has 0 unspecified atom stereocenters. The van der Waals surface area contributed by atoms with Crippen molar-refractivity contribution in [1.29, 1.82) is 0 Å². The topological polar surface area (TPSA) is 60.4 Å². The number of aliphatic hydroxyl groups excluding tert-OH is 1. The predicted molar refractivity (Wildman–Crippen MR) is 88.3 cm³/mol. The highest BCUT2D eigenvalue weighted by Crippen LogP contribution is 2.20. The van der Waals surface area contributed by atoms with Crippen LogP contribution in [0.5, 0.6) is 0 Å². The molecule has 0 aromatic heterocycles. The largest absolute Gasteiger partial charge is 0.550 e. The van der Waals surface area contributed by atoms with Gasteiger partial charge >= 0.3 is 0 Å². The molecule has 0 amide bonds. The fourth-order valence-corrected chi connectivity index (χ4v) is 1.51. The Kier molecular flexibility index (Phi) is 15.1. The first-order valence-corrected chi connectivity index (χ1v) is 6.85. The first-order chi connectivity index (χ1) is 8.19. The van der Waals surface area contributed by atoms with Crippen molar-refractivity contribution in [3.05, 3.63) is 0 Å². The van der Waals surface area contributed by atoms with Crippen molar-refractivity contribution in [2.45, 2.75) is 47.5 Å². The fourth-order valence-electron chi connectivity index (χ4n) is 1.51. The van der Waals surface area contributed by atoms with Crippen LogP contribution in [-0.4, -0.2) is 48.8 Å². The molecule has 0 rings (SSSR count). The van der Waals surface area contributed by atoms with E-state index in [0.717, 1.165) is 30.5 Å². The van der Waals surface area contributed by atoms with E-state index in [1.54, 1.807) is 13.8 Å². The Bertz CT molecular complexity index is 229. The molecule has 0 saturated carbocycles. The van der Waals surface area contributed by atoms with Crippen LogP contribution in [0.3, 0.4) is 0 Å². The van der Waals surface area contributed by atoms with Gasteiger partial charge in [0, 0.05) is 11.4 Å². The van der Waals surface area contributed by atoms with Crippen LogP contribution in [0, 0.1) is 5.41 Å². The smallest absolute Gasteiger partial charge is 0.102 e. The van der Waals surface area contributed by atoms with Gasteiger partial charge in [-0.2, -0.15) is 0 Å². The maximum absolute atomic E-state index is 10.3. The number of quaternary nitrogens is 1. The minimum atomic E-state index is -0.954. The van der Waals surface area contributed by atoms with Crippen LogP contribution in [0.4, 0.5) is 0 Å². The molecule has 5 heteroatoms. The fraction of sp³-hybridized carbons (Fsp3) is 0.929. The van der Waals surface area contributed by atoms with Crippen molar-refractivity contribution in [3.8, 4) is 0 Å². The maximum Gasteiger partial charge on any atom is 0.102 e. The number of aliphatic hydroxyl groups is 1. The van der Waals surface area contributed by atoms with Crippen LogP contribution in [0.2, 0.25) is 0 Å². The third kappa shape index (κ3) is 11.6. The first kappa shape index (κ1) is 24.2. The summed E-state index contributed by atoms with van der Waals surface area (Å²) in [6, 6.07) is 0. The number of carbonyl (C=O) groups is 1. The zero-order chi connectivity index (χ0) is 14.8. The van der Waals surface area contributed by atoms with E-state index in [4.69, 9.17) is 5.11 Å². The number of hydrogen-bond donors (Lipinski definition) is 1. The Hall–Kier alpha value is 0.120. The average Bonchev–Trinajstić information content (AvgIpc) is 2.30. The standard InChI is InChI=1S/C7H18NO.C7H14O2.HI/c1-4-8(3,5-2)6-7-9;1-4-5-7(2,3)6(8)9;/h9H,4-7H2,1-3H3;4-5H2,1-3H3,(H,8,9);1H/q+1;;/p-1. The summed E-state index contributed by atoms with van der Waals surface area (Å²) in [6.07, 6.45) is 1.58. The molecule has 0 atom stereocenters. The minimum Gasteiger partial charge on any atom is -0.550 e. The summed E-state index contributed by atoms with van der Waals surface area (Å²) in [5.74, 6) is -0.954. The third-order valence-electron chi connectivity index (χ3n) is 3.59. The number of halogens is 1. The van der Waals surface area contributed by atoms with Crippen molar-refractivity contribution in [1.82, 2.24) is 0 Å². The second kappa shape index (κ2) is 11.9. The Labute approximate surface area is 135 Å². The summed E-state index contributed by atoms with van der Waals surface area (Å²) in [7, 11) is 2.16. The Balaban J connectivity index is -0.000000256. The van der Waals surface area contributed by atoms with Gasteiger partial charge in [-0.05, 0) is 20.3 Å². The number of rotatable bonds is 7. The van der Waals surface area contributed by atoms with Gasteiger partial charge in [0.25, 0.3) is 0 Å².